The summed E-state index contributed by atoms with van der Waals surface area (Å²) in [5.41, 5.74) is 5.52. The number of unbranched alkanes of at least 4 members (excludes halogenated alkanes) is 2. The Bertz CT molecular complexity index is 345. The standard InChI is InChI=1S/C15H22/c1-5-6-7-8-9-15-11-13(3)12(2)10-14(15)4/h8-11H,5-7H2,1-4H3. The van der Waals surface area contributed by atoms with E-state index in [1.807, 2.05) is 0 Å². The van der Waals surface area contributed by atoms with Crippen LogP contribution in [0.25, 0.3) is 6.08 Å². The van der Waals surface area contributed by atoms with Gasteiger partial charge in [-0.2, -0.15) is 0 Å². The van der Waals surface area contributed by atoms with Gasteiger partial charge in [0.1, 0.15) is 0 Å². The Morgan fingerprint density at radius 3 is 2.33 bits per heavy atom. The molecule has 0 aromatic heterocycles. The molecule has 0 heterocycles. The van der Waals surface area contributed by atoms with E-state index in [2.05, 4.69) is 52.0 Å². The zero-order chi connectivity index (χ0) is 11.3. The molecular formula is C15H22. The molecule has 1 aromatic carbocycles. The van der Waals surface area contributed by atoms with Crippen molar-refractivity contribution in [2.45, 2.75) is 47.0 Å². The van der Waals surface area contributed by atoms with E-state index in [-0.39, 0.29) is 0 Å². The van der Waals surface area contributed by atoms with Crippen LogP contribution in [0.15, 0.2) is 18.2 Å². The van der Waals surface area contributed by atoms with E-state index in [1.54, 1.807) is 0 Å². The summed E-state index contributed by atoms with van der Waals surface area (Å²) in [5, 5.41) is 0. The Morgan fingerprint density at radius 1 is 1.00 bits per heavy atom. The summed E-state index contributed by atoms with van der Waals surface area (Å²) in [6.07, 6.45) is 8.32. The van der Waals surface area contributed by atoms with Crippen LogP contribution in [0.1, 0.15) is 48.4 Å². The molecule has 15 heavy (non-hydrogen) atoms. The average Bonchev–Trinajstić information content (AvgIpc) is 2.20. The molecule has 0 amide bonds. The van der Waals surface area contributed by atoms with Crippen LogP contribution in [0.3, 0.4) is 0 Å². The lowest BCUT2D eigenvalue weighted by Crippen LogP contribution is -1.87. The lowest BCUT2D eigenvalue weighted by Gasteiger charge is -2.05. The molecule has 0 bridgehead atoms. The van der Waals surface area contributed by atoms with Gasteiger partial charge < -0.3 is 0 Å². The molecule has 0 radical (unpaired) electrons. The monoisotopic (exact) mass is 202 g/mol. The Kier molecular flexibility index (Phi) is 4.61. The van der Waals surface area contributed by atoms with E-state index < -0.39 is 0 Å². The number of aryl methyl sites for hydroxylation is 3. The van der Waals surface area contributed by atoms with E-state index >= 15 is 0 Å². The maximum atomic E-state index is 2.29. The largest absolute Gasteiger partial charge is 0.0839 e. The van der Waals surface area contributed by atoms with E-state index in [1.165, 1.54) is 41.5 Å². The minimum absolute atomic E-state index is 1.20. The van der Waals surface area contributed by atoms with Gasteiger partial charge in [0.2, 0.25) is 0 Å². The number of hydrogen-bond donors (Lipinski definition) is 0. The van der Waals surface area contributed by atoms with E-state index in [0.29, 0.717) is 0 Å². The highest BCUT2D eigenvalue weighted by molar-refractivity contribution is 5.55. The minimum atomic E-state index is 1.20. The van der Waals surface area contributed by atoms with Crippen molar-refractivity contribution >= 4 is 6.08 Å². The third kappa shape index (κ3) is 3.54. The SMILES string of the molecule is CCCCC=Cc1cc(C)c(C)cc1C. The maximum Gasteiger partial charge on any atom is -0.0228 e. The van der Waals surface area contributed by atoms with Gasteiger partial charge in [0.15, 0.2) is 0 Å². The fourth-order valence-electron chi connectivity index (χ4n) is 1.69. The average molecular weight is 202 g/mol. The lowest BCUT2D eigenvalue weighted by atomic mass is 10.0. The molecular weight excluding hydrogens is 180 g/mol. The second kappa shape index (κ2) is 5.75. The third-order valence-electron chi connectivity index (χ3n) is 2.90. The zero-order valence-electron chi connectivity index (χ0n) is 10.4. The van der Waals surface area contributed by atoms with Crippen LogP contribution < -0.4 is 0 Å². The first-order valence-electron chi connectivity index (χ1n) is 5.89. The van der Waals surface area contributed by atoms with Crippen molar-refractivity contribution in [2.75, 3.05) is 0 Å². The van der Waals surface area contributed by atoms with Gasteiger partial charge in [-0.3, -0.25) is 0 Å². The molecule has 0 heteroatoms. The van der Waals surface area contributed by atoms with Crippen molar-refractivity contribution in [1.82, 2.24) is 0 Å². The highest BCUT2D eigenvalue weighted by Gasteiger charge is 1.98. The van der Waals surface area contributed by atoms with Crippen LogP contribution in [0, 0.1) is 20.8 Å². The summed E-state index contributed by atoms with van der Waals surface area (Å²) in [6.45, 7) is 8.77. The van der Waals surface area contributed by atoms with Crippen LogP contribution in [-0.2, 0) is 0 Å². The van der Waals surface area contributed by atoms with Gasteiger partial charge in [-0.05, 0) is 49.4 Å². The van der Waals surface area contributed by atoms with Crippen molar-refractivity contribution < 1.29 is 0 Å². The summed E-state index contributed by atoms with van der Waals surface area (Å²) in [7, 11) is 0. The van der Waals surface area contributed by atoms with Gasteiger partial charge in [-0.15, -0.1) is 0 Å². The van der Waals surface area contributed by atoms with Gasteiger partial charge >= 0.3 is 0 Å². The van der Waals surface area contributed by atoms with Gasteiger partial charge in [0, 0.05) is 0 Å². The Hall–Kier alpha value is -1.04. The molecule has 0 aliphatic heterocycles. The summed E-state index contributed by atoms with van der Waals surface area (Å²) in [5.74, 6) is 0. The third-order valence-corrected chi connectivity index (χ3v) is 2.90. The van der Waals surface area contributed by atoms with Gasteiger partial charge in [-0.25, -0.2) is 0 Å². The van der Waals surface area contributed by atoms with Crippen molar-refractivity contribution in [2.24, 2.45) is 0 Å². The molecule has 0 nitrogen and oxygen atoms in total. The van der Waals surface area contributed by atoms with Crippen LogP contribution >= 0.6 is 0 Å². The van der Waals surface area contributed by atoms with Crippen molar-refractivity contribution in [3.05, 3.63) is 40.5 Å². The van der Waals surface area contributed by atoms with E-state index in [9.17, 15) is 0 Å². The van der Waals surface area contributed by atoms with Crippen LogP contribution in [-0.4, -0.2) is 0 Å². The molecule has 0 saturated heterocycles. The fourth-order valence-corrected chi connectivity index (χ4v) is 1.69. The van der Waals surface area contributed by atoms with Crippen molar-refractivity contribution in [1.29, 1.82) is 0 Å². The number of benzene rings is 1. The lowest BCUT2D eigenvalue weighted by molar-refractivity contribution is 0.816. The van der Waals surface area contributed by atoms with Crippen LogP contribution in [0.5, 0.6) is 0 Å². The second-order valence-corrected chi connectivity index (χ2v) is 4.34. The molecule has 0 saturated carbocycles. The number of rotatable bonds is 4. The summed E-state index contributed by atoms with van der Waals surface area (Å²) in [6, 6.07) is 4.56. The molecule has 82 valence electrons. The van der Waals surface area contributed by atoms with Gasteiger partial charge in [0.25, 0.3) is 0 Å². The number of allylic oxidation sites excluding steroid dienone is 1. The Morgan fingerprint density at radius 2 is 1.67 bits per heavy atom. The van der Waals surface area contributed by atoms with Crippen LogP contribution in [0.4, 0.5) is 0 Å². The zero-order valence-corrected chi connectivity index (χ0v) is 10.4. The summed E-state index contributed by atoms with van der Waals surface area (Å²) >= 11 is 0. The molecule has 1 aromatic rings. The first-order chi connectivity index (χ1) is 7.15. The highest BCUT2D eigenvalue weighted by Crippen LogP contribution is 2.17. The first kappa shape index (κ1) is 12.0. The smallest absolute Gasteiger partial charge is 0.0228 e. The number of hydrogen-bond acceptors (Lipinski definition) is 0. The predicted molar refractivity (Wildman–Crippen MR) is 69.2 cm³/mol. The van der Waals surface area contributed by atoms with E-state index in [0.717, 1.165) is 0 Å². The molecule has 0 spiro atoms. The van der Waals surface area contributed by atoms with Crippen molar-refractivity contribution in [3.8, 4) is 0 Å². The molecule has 0 unspecified atom stereocenters. The fraction of sp³-hybridized carbons (Fsp3) is 0.467. The highest BCUT2D eigenvalue weighted by atomic mass is 14.0. The normalized spacial score (nSPS) is 11.2. The van der Waals surface area contributed by atoms with Gasteiger partial charge in [-0.1, -0.05) is 44.1 Å². The first-order valence-corrected chi connectivity index (χ1v) is 5.89. The molecule has 1 rings (SSSR count). The van der Waals surface area contributed by atoms with E-state index in [4.69, 9.17) is 0 Å². The summed E-state index contributed by atoms with van der Waals surface area (Å²) in [4.78, 5) is 0. The molecule has 0 aliphatic carbocycles. The van der Waals surface area contributed by atoms with Crippen molar-refractivity contribution in [3.63, 3.8) is 0 Å². The van der Waals surface area contributed by atoms with Gasteiger partial charge in [0.05, 0.1) is 0 Å². The molecule has 0 N–H and O–H groups in total. The summed E-state index contributed by atoms with van der Waals surface area (Å²) < 4.78 is 0. The quantitative estimate of drug-likeness (QED) is 0.614. The predicted octanol–water partition coefficient (Wildman–Crippen LogP) is 4.82. The minimum Gasteiger partial charge on any atom is -0.0839 e. The topological polar surface area (TPSA) is 0 Å². The van der Waals surface area contributed by atoms with Crippen LogP contribution in [0.2, 0.25) is 0 Å². The second-order valence-electron chi connectivity index (χ2n) is 4.34. The Balaban J connectivity index is 2.77. The molecule has 0 fully saturated rings. The maximum absolute atomic E-state index is 2.29. The molecule has 0 atom stereocenters. The Labute approximate surface area is 94.0 Å². The molecule has 0 aliphatic rings.